The van der Waals surface area contributed by atoms with Crippen molar-refractivity contribution in [1.29, 1.82) is 0 Å². The average molecular weight is 172 g/mol. The third kappa shape index (κ3) is 4.52. The Labute approximate surface area is 74.9 Å². The molecule has 2 heteroatoms. The van der Waals surface area contributed by atoms with Gasteiger partial charge in [-0.1, -0.05) is 5.57 Å². The lowest BCUT2D eigenvalue weighted by Crippen LogP contribution is -2.27. The van der Waals surface area contributed by atoms with Crippen molar-refractivity contribution in [1.82, 2.24) is 0 Å². The Morgan fingerprint density at radius 2 is 1.67 bits per heavy atom. The van der Waals surface area contributed by atoms with Gasteiger partial charge in [0, 0.05) is 5.92 Å². The van der Waals surface area contributed by atoms with Crippen LogP contribution in [0.1, 0.15) is 33.6 Å². The van der Waals surface area contributed by atoms with Gasteiger partial charge in [0.25, 0.3) is 0 Å². The molecule has 0 aliphatic heterocycles. The molecule has 0 aliphatic rings. The van der Waals surface area contributed by atoms with Gasteiger partial charge in [0.2, 0.25) is 0 Å². The number of aliphatic hydroxyl groups excluding tert-OH is 2. The van der Waals surface area contributed by atoms with Gasteiger partial charge in [0.1, 0.15) is 0 Å². The summed E-state index contributed by atoms with van der Waals surface area (Å²) >= 11 is 0. The SMILES string of the molecule is C=C(C)CCC(C(C)O)C(C)O. The van der Waals surface area contributed by atoms with Crippen LogP contribution in [0.15, 0.2) is 12.2 Å². The minimum Gasteiger partial charge on any atom is -0.393 e. The maximum atomic E-state index is 9.31. The highest BCUT2D eigenvalue weighted by atomic mass is 16.3. The van der Waals surface area contributed by atoms with E-state index in [0.717, 1.165) is 18.4 Å². The molecule has 0 aromatic carbocycles. The Hall–Kier alpha value is -0.340. The van der Waals surface area contributed by atoms with Crippen molar-refractivity contribution in [3.63, 3.8) is 0 Å². The second-order valence-corrected chi connectivity index (χ2v) is 3.64. The second kappa shape index (κ2) is 5.33. The fourth-order valence-corrected chi connectivity index (χ4v) is 1.30. The summed E-state index contributed by atoms with van der Waals surface area (Å²) in [6.45, 7) is 9.18. The molecule has 2 N–H and O–H groups in total. The van der Waals surface area contributed by atoms with Crippen LogP contribution in [-0.4, -0.2) is 22.4 Å². The van der Waals surface area contributed by atoms with E-state index < -0.39 is 12.2 Å². The number of hydrogen-bond acceptors (Lipinski definition) is 2. The number of aliphatic hydroxyl groups is 2. The first-order valence-corrected chi connectivity index (χ1v) is 4.45. The summed E-state index contributed by atoms with van der Waals surface area (Å²) in [5.74, 6) is -0.0262. The Kier molecular flexibility index (Phi) is 5.18. The molecule has 2 unspecified atom stereocenters. The van der Waals surface area contributed by atoms with Crippen molar-refractivity contribution in [2.24, 2.45) is 5.92 Å². The summed E-state index contributed by atoms with van der Waals surface area (Å²) in [5.41, 5.74) is 1.10. The standard InChI is InChI=1S/C10H20O2/c1-7(2)5-6-10(8(3)11)9(4)12/h8-12H,1,5-6H2,2-4H3. The lowest BCUT2D eigenvalue weighted by molar-refractivity contribution is 0.0275. The van der Waals surface area contributed by atoms with Crippen LogP contribution in [0.3, 0.4) is 0 Å². The van der Waals surface area contributed by atoms with Gasteiger partial charge in [-0.3, -0.25) is 0 Å². The largest absolute Gasteiger partial charge is 0.393 e. The van der Waals surface area contributed by atoms with Crippen LogP contribution in [0, 0.1) is 5.92 Å². The molecule has 0 spiro atoms. The zero-order chi connectivity index (χ0) is 9.72. The van der Waals surface area contributed by atoms with Gasteiger partial charge in [0.15, 0.2) is 0 Å². The van der Waals surface area contributed by atoms with Gasteiger partial charge in [0.05, 0.1) is 12.2 Å². The van der Waals surface area contributed by atoms with Crippen LogP contribution >= 0.6 is 0 Å². The molecule has 0 radical (unpaired) electrons. The second-order valence-electron chi connectivity index (χ2n) is 3.64. The van der Waals surface area contributed by atoms with E-state index in [-0.39, 0.29) is 5.92 Å². The van der Waals surface area contributed by atoms with Gasteiger partial charge < -0.3 is 10.2 Å². The molecule has 0 saturated carbocycles. The lowest BCUT2D eigenvalue weighted by atomic mass is 9.91. The maximum absolute atomic E-state index is 9.31. The molecule has 72 valence electrons. The molecule has 0 fully saturated rings. The smallest absolute Gasteiger partial charge is 0.0564 e. The summed E-state index contributed by atoms with van der Waals surface area (Å²) in [4.78, 5) is 0. The van der Waals surface area contributed by atoms with E-state index in [9.17, 15) is 10.2 Å². The van der Waals surface area contributed by atoms with Crippen LogP contribution in [0.25, 0.3) is 0 Å². The fraction of sp³-hybridized carbons (Fsp3) is 0.800. The molecule has 0 rings (SSSR count). The van der Waals surface area contributed by atoms with Crippen molar-refractivity contribution >= 4 is 0 Å². The van der Waals surface area contributed by atoms with Crippen molar-refractivity contribution in [3.8, 4) is 0 Å². The Morgan fingerprint density at radius 1 is 1.25 bits per heavy atom. The molecular weight excluding hydrogens is 152 g/mol. The minimum absolute atomic E-state index is 0.0262. The molecule has 0 aromatic heterocycles. The molecule has 0 amide bonds. The van der Waals surface area contributed by atoms with Crippen molar-refractivity contribution < 1.29 is 10.2 Å². The molecular formula is C10H20O2. The van der Waals surface area contributed by atoms with E-state index in [0.29, 0.717) is 0 Å². The predicted molar refractivity (Wildman–Crippen MR) is 50.9 cm³/mol. The van der Waals surface area contributed by atoms with Crippen molar-refractivity contribution in [2.45, 2.75) is 45.8 Å². The molecule has 2 atom stereocenters. The highest BCUT2D eigenvalue weighted by Gasteiger charge is 2.19. The normalized spacial score (nSPS) is 18.4. The van der Waals surface area contributed by atoms with E-state index in [1.54, 1.807) is 13.8 Å². The quantitative estimate of drug-likeness (QED) is 0.620. The summed E-state index contributed by atoms with van der Waals surface area (Å²) in [7, 11) is 0. The van der Waals surface area contributed by atoms with Crippen molar-refractivity contribution in [2.75, 3.05) is 0 Å². The summed E-state index contributed by atoms with van der Waals surface area (Å²) in [6, 6.07) is 0. The average Bonchev–Trinajstić information content (AvgIpc) is 1.84. The third-order valence-electron chi connectivity index (χ3n) is 2.14. The van der Waals surface area contributed by atoms with Crippen LogP contribution in [0.2, 0.25) is 0 Å². The molecule has 12 heavy (non-hydrogen) atoms. The fourth-order valence-electron chi connectivity index (χ4n) is 1.30. The number of rotatable bonds is 5. The Bertz CT molecular complexity index is 131. The molecule has 0 saturated heterocycles. The highest BCUT2D eigenvalue weighted by molar-refractivity contribution is 4.89. The monoisotopic (exact) mass is 172 g/mol. The Morgan fingerprint density at radius 3 is 1.92 bits per heavy atom. The summed E-state index contributed by atoms with van der Waals surface area (Å²) < 4.78 is 0. The van der Waals surface area contributed by atoms with Crippen LogP contribution in [0.4, 0.5) is 0 Å². The third-order valence-corrected chi connectivity index (χ3v) is 2.14. The number of hydrogen-bond donors (Lipinski definition) is 2. The zero-order valence-electron chi connectivity index (χ0n) is 8.25. The van der Waals surface area contributed by atoms with Gasteiger partial charge in [-0.2, -0.15) is 0 Å². The van der Waals surface area contributed by atoms with Gasteiger partial charge in [-0.25, -0.2) is 0 Å². The van der Waals surface area contributed by atoms with E-state index in [1.807, 2.05) is 6.92 Å². The van der Waals surface area contributed by atoms with Crippen LogP contribution in [0.5, 0.6) is 0 Å². The van der Waals surface area contributed by atoms with Gasteiger partial charge in [-0.15, -0.1) is 6.58 Å². The van der Waals surface area contributed by atoms with E-state index in [1.165, 1.54) is 0 Å². The highest BCUT2D eigenvalue weighted by Crippen LogP contribution is 2.18. The van der Waals surface area contributed by atoms with E-state index in [4.69, 9.17) is 0 Å². The van der Waals surface area contributed by atoms with E-state index in [2.05, 4.69) is 6.58 Å². The Balaban J connectivity index is 3.88. The first kappa shape index (κ1) is 11.7. The summed E-state index contributed by atoms with van der Waals surface area (Å²) in [5, 5.41) is 18.6. The molecule has 0 bridgehead atoms. The van der Waals surface area contributed by atoms with Crippen LogP contribution in [-0.2, 0) is 0 Å². The first-order valence-electron chi connectivity index (χ1n) is 4.45. The van der Waals surface area contributed by atoms with E-state index >= 15 is 0 Å². The first-order chi connectivity index (χ1) is 5.45. The number of allylic oxidation sites excluding steroid dienone is 1. The topological polar surface area (TPSA) is 40.5 Å². The van der Waals surface area contributed by atoms with Crippen LogP contribution < -0.4 is 0 Å². The molecule has 0 heterocycles. The maximum Gasteiger partial charge on any atom is 0.0564 e. The van der Waals surface area contributed by atoms with Crippen molar-refractivity contribution in [3.05, 3.63) is 12.2 Å². The lowest BCUT2D eigenvalue weighted by Gasteiger charge is -2.22. The summed E-state index contributed by atoms with van der Waals surface area (Å²) in [6.07, 6.45) is 0.805. The van der Waals surface area contributed by atoms with Gasteiger partial charge >= 0.3 is 0 Å². The predicted octanol–water partition coefficient (Wildman–Crippen LogP) is 1.72. The molecule has 0 aromatic rings. The molecule has 0 aliphatic carbocycles. The van der Waals surface area contributed by atoms with Gasteiger partial charge in [-0.05, 0) is 33.6 Å². The molecule has 2 nitrogen and oxygen atoms in total. The zero-order valence-corrected chi connectivity index (χ0v) is 8.25. The minimum atomic E-state index is -0.440.